The van der Waals surface area contributed by atoms with E-state index in [-0.39, 0.29) is 18.8 Å². The highest BCUT2D eigenvalue weighted by atomic mass is 32.2. The normalized spacial score (nSPS) is 15.5. The molecule has 0 unspecified atom stereocenters. The molecule has 3 rings (SSSR count). The molecule has 6 nitrogen and oxygen atoms in total. The number of benzene rings is 1. The van der Waals surface area contributed by atoms with Crippen molar-refractivity contribution in [2.24, 2.45) is 0 Å². The van der Waals surface area contributed by atoms with Crippen molar-refractivity contribution >= 4 is 17.6 Å². The molecule has 0 amide bonds. The highest BCUT2D eigenvalue weighted by Crippen LogP contribution is 2.27. The lowest BCUT2D eigenvalue weighted by Gasteiger charge is -2.35. The van der Waals surface area contributed by atoms with Gasteiger partial charge in [0.25, 0.3) is 0 Å². The summed E-state index contributed by atoms with van der Waals surface area (Å²) in [6.07, 6.45) is -1.85. The van der Waals surface area contributed by atoms with Gasteiger partial charge in [-0.15, -0.1) is 0 Å². The summed E-state index contributed by atoms with van der Waals surface area (Å²) in [5, 5.41) is 4.27. The van der Waals surface area contributed by atoms with Crippen LogP contribution in [0.1, 0.15) is 12.8 Å². The Bertz CT molecular complexity index is 853. The molecule has 1 aromatic carbocycles. The number of anilines is 1. The maximum atomic E-state index is 13.1. The number of aromatic nitrogens is 2. The van der Waals surface area contributed by atoms with Crippen LogP contribution in [0.4, 0.5) is 18.9 Å². The molecule has 1 aliphatic heterocycles. The van der Waals surface area contributed by atoms with Crippen molar-refractivity contribution in [1.29, 1.82) is 0 Å². The largest absolute Gasteiger partial charge is 0.486 e. The van der Waals surface area contributed by atoms with Gasteiger partial charge in [-0.25, -0.2) is 4.31 Å². The molecule has 0 atom stereocenters. The third kappa shape index (κ3) is 5.66. The minimum absolute atomic E-state index is 0.0450. The fourth-order valence-corrected chi connectivity index (χ4v) is 3.63. The SMILES string of the molecule is CSN1CCN(c2cnn(-c3ccccc3)c(=O)c2OCCCC(F)(F)F)CC1. The summed E-state index contributed by atoms with van der Waals surface area (Å²) < 4.78 is 46.3. The second kappa shape index (κ2) is 9.53. The van der Waals surface area contributed by atoms with Gasteiger partial charge in [0.15, 0.2) is 0 Å². The Balaban J connectivity index is 1.86. The van der Waals surface area contributed by atoms with Gasteiger partial charge in [-0.2, -0.15) is 23.0 Å². The van der Waals surface area contributed by atoms with Gasteiger partial charge in [-0.05, 0) is 24.8 Å². The molecule has 0 radical (unpaired) electrons. The van der Waals surface area contributed by atoms with Gasteiger partial charge in [0.1, 0.15) is 5.69 Å². The first kappa shape index (κ1) is 21.5. The molecule has 0 N–H and O–H groups in total. The highest BCUT2D eigenvalue weighted by Gasteiger charge is 2.27. The van der Waals surface area contributed by atoms with Gasteiger partial charge < -0.3 is 9.64 Å². The molecule has 1 fully saturated rings. The van der Waals surface area contributed by atoms with Crippen LogP contribution in [0.2, 0.25) is 0 Å². The number of hydrogen-bond acceptors (Lipinski definition) is 6. The summed E-state index contributed by atoms with van der Waals surface area (Å²) in [7, 11) is 0. The number of hydrogen-bond donors (Lipinski definition) is 0. The summed E-state index contributed by atoms with van der Waals surface area (Å²) in [6, 6.07) is 8.85. The van der Waals surface area contributed by atoms with Crippen LogP contribution in [0.5, 0.6) is 5.75 Å². The third-order valence-corrected chi connectivity index (χ3v) is 5.49. The van der Waals surface area contributed by atoms with Crippen LogP contribution in [-0.4, -0.2) is 59.3 Å². The number of alkyl halides is 3. The van der Waals surface area contributed by atoms with Gasteiger partial charge in [0.05, 0.1) is 18.5 Å². The Morgan fingerprint density at radius 3 is 2.45 bits per heavy atom. The van der Waals surface area contributed by atoms with E-state index in [9.17, 15) is 18.0 Å². The number of rotatable bonds is 7. The number of halogens is 3. The van der Waals surface area contributed by atoms with Gasteiger partial charge >= 0.3 is 11.7 Å². The summed E-state index contributed by atoms with van der Waals surface area (Å²) in [5.74, 6) is 0.0450. The maximum Gasteiger partial charge on any atom is 0.389 e. The second-order valence-corrected chi connectivity index (χ2v) is 7.46. The van der Waals surface area contributed by atoms with Gasteiger partial charge in [-0.1, -0.05) is 30.1 Å². The van der Waals surface area contributed by atoms with Crippen molar-refractivity contribution in [2.75, 3.05) is 43.9 Å². The smallest absolute Gasteiger partial charge is 0.389 e. The van der Waals surface area contributed by atoms with E-state index in [4.69, 9.17) is 4.74 Å². The minimum atomic E-state index is -4.25. The lowest BCUT2D eigenvalue weighted by atomic mass is 10.3. The molecule has 1 aromatic heterocycles. The zero-order chi connectivity index (χ0) is 20.9. The molecule has 1 saturated heterocycles. The zero-order valence-electron chi connectivity index (χ0n) is 16.1. The van der Waals surface area contributed by atoms with E-state index >= 15 is 0 Å². The predicted molar refractivity (Wildman–Crippen MR) is 108 cm³/mol. The van der Waals surface area contributed by atoms with Crippen molar-refractivity contribution in [3.05, 3.63) is 46.9 Å². The lowest BCUT2D eigenvalue weighted by Crippen LogP contribution is -2.44. The summed E-state index contributed by atoms with van der Waals surface area (Å²) in [5.41, 5.74) is 0.611. The molecule has 1 aliphatic rings. The summed E-state index contributed by atoms with van der Waals surface area (Å²) in [4.78, 5) is 15.1. The van der Waals surface area contributed by atoms with E-state index in [2.05, 4.69) is 9.40 Å². The van der Waals surface area contributed by atoms with Crippen LogP contribution in [0.3, 0.4) is 0 Å². The zero-order valence-corrected chi connectivity index (χ0v) is 16.9. The van der Waals surface area contributed by atoms with Crippen molar-refractivity contribution in [3.63, 3.8) is 0 Å². The van der Waals surface area contributed by atoms with Gasteiger partial charge in [0, 0.05) is 32.6 Å². The Labute approximate surface area is 171 Å². The summed E-state index contributed by atoms with van der Waals surface area (Å²) >= 11 is 1.66. The number of ether oxygens (including phenoxy) is 1. The van der Waals surface area contributed by atoms with E-state index in [0.717, 1.165) is 13.1 Å². The molecular weight excluding hydrogens is 405 g/mol. The Hall–Kier alpha value is -2.20. The van der Waals surface area contributed by atoms with E-state index in [0.29, 0.717) is 24.5 Å². The molecule has 158 valence electrons. The molecule has 0 aliphatic carbocycles. The van der Waals surface area contributed by atoms with Gasteiger partial charge in [-0.3, -0.25) is 4.79 Å². The molecule has 0 bridgehead atoms. The number of para-hydroxylation sites is 1. The first-order valence-electron chi connectivity index (χ1n) is 9.30. The standard InChI is InChI=1S/C19H23F3N4O2S/c1-29-25-11-9-24(10-12-25)16-14-23-26(15-6-3-2-4-7-15)18(27)17(16)28-13-5-8-19(20,21)22/h2-4,6-7,14H,5,8-13H2,1H3. The number of nitrogens with zero attached hydrogens (tertiary/aromatic N) is 4. The van der Waals surface area contributed by atoms with E-state index < -0.39 is 18.2 Å². The first-order chi connectivity index (χ1) is 13.9. The fraction of sp³-hybridized carbons (Fsp3) is 0.474. The van der Waals surface area contributed by atoms with Gasteiger partial charge in [0.2, 0.25) is 5.75 Å². The van der Waals surface area contributed by atoms with Crippen LogP contribution in [0.25, 0.3) is 5.69 Å². The van der Waals surface area contributed by atoms with Crippen molar-refractivity contribution < 1.29 is 17.9 Å². The molecule has 29 heavy (non-hydrogen) atoms. The topological polar surface area (TPSA) is 50.6 Å². The van der Waals surface area contributed by atoms with Crippen molar-refractivity contribution in [2.45, 2.75) is 19.0 Å². The average Bonchev–Trinajstić information content (AvgIpc) is 2.72. The lowest BCUT2D eigenvalue weighted by molar-refractivity contribution is -0.136. The van der Waals surface area contributed by atoms with Crippen molar-refractivity contribution in [1.82, 2.24) is 14.1 Å². The molecule has 2 aromatic rings. The number of piperazine rings is 1. The van der Waals surface area contributed by atoms with E-state index in [1.54, 1.807) is 42.4 Å². The van der Waals surface area contributed by atoms with Crippen LogP contribution in [-0.2, 0) is 0 Å². The van der Waals surface area contributed by atoms with Crippen molar-refractivity contribution in [3.8, 4) is 11.4 Å². The Kier molecular flexibility index (Phi) is 7.07. The monoisotopic (exact) mass is 428 g/mol. The van der Waals surface area contributed by atoms with Crippen LogP contribution in [0.15, 0.2) is 41.3 Å². The predicted octanol–water partition coefficient (Wildman–Crippen LogP) is 3.35. The van der Waals surface area contributed by atoms with E-state index in [1.165, 1.54) is 4.68 Å². The van der Waals surface area contributed by atoms with Crippen LogP contribution >= 0.6 is 11.9 Å². The molecule has 10 heteroatoms. The second-order valence-electron chi connectivity index (χ2n) is 6.58. The Morgan fingerprint density at radius 2 is 1.83 bits per heavy atom. The average molecular weight is 428 g/mol. The summed E-state index contributed by atoms with van der Waals surface area (Å²) in [6.45, 7) is 2.77. The van der Waals surface area contributed by atoms with E-state index in [1.807, 2.05) is 17.2 Å². The minimum Gasteiger partial charge on any atom is -0.486 e. The van der Waals surface area contributed by atoms with Crippen LogP contribution in [0, 0.1) is 0 Å². The fourth-order valence-electron chi connectivity index (χ4n) is 3.10. The highest BCUT2D eigenvalue weighted by molar-refractivity contribution is 7.96. The molecule has 0 saturated carbocycles. The van der Waals surface area contributed by atoms with Crippen LogP contribution < -0.4 is 15.2 Å². The molecular formula is C19H23F3N4O2S. The third-order valence-electron chi connectivity index (χ3n) is 4.60. The molecule has 0 spiro atoms. The maximum absolute atomic E-state index is 13.1. The quantitative estimate of drug-likeness (QED) is 0.498. The molecule has 2 heterocycles. The Morgan fingerprint density at radius 1 is 1.14 bits per heavy atom. The first-order valence-corrected chi connectivity index (χ1v) is 10.5.